The maximum Gasteiger partial charge on any atom is 0.259 e. The van der Waals surface area contributed by atoms with Crippen molar-refractivity contribution in [3.63, 3.8) is 0 Å². The lowest BCUT2D eigenvalue weighted by atomic mass is 9.71. The predicted octanol–water partition coefficient (Wildman–Crippen LogP) is 2.07. The summed E-state index contributed by atoms with van der Waals surface area (Å²) in [5.74, 6) is -2.02. The highest BCUT2D eigenvalue weighted by Gasteiger charge is 2.43. The molecule has 2 rings (SSSR count). The molecule has 23 heavy (non-hydrogen) atoms. The van der Waals surface area contributed by atoms with E-state index in [1.165, 1.54) is 19.1 Å². The van der Waals surface area contributed by atoms with Gasteiger partial charge in [-0.15, -0.1) is 0 Å². The number of hydrogen-bond donors (Lipinski definition) is 2. The third kappa shape index (κ3) is 2.73. The van der Waals surface area contributed by atoms with Crippen molar-refractivity contribution in [2.75, 3.05) is 6.54 Å². The number of rotatable bonds is 3. The molecule has 118 valence electrons. The van der Waals surface area contributed by atoms with Gasteiger partial charge < -0.3 is 10.4 Å². The SMILES string of the molecule is [C-]#[N+]c1ccc2c(c1)C(C)(C)C(=O)C(C(=O)NCC(C)=O)=C2O. The zero-order valence-electron chi connectivity index (χ0n) is 13.1. The van der Waals surface area contributed by atoms with E-state index < -0.39 is 22.9 Å². The van der Waals surface area contributed by atoms with Crippen LogP contribution < -0.4 is 5.32 Å². The molecule has 0 fully saturated rings. The van der Waals surface area contributed by atoms with Gasteiger partial charge in [0.1, 0.15) is 17.1 Å². The lowest BCUT2D eigenvalue weighted by Gasteiger charge is -2.32. The zero-order valence-corrected chi connectivity index (χ0v) is 13.1. The quantitative estimate of drug-likeness (QED) is 0.660. The minimum atomic E-state index is -1.06. The summed E-state index contributed by atoms with van der Waals surface area (Å²) in [4.78, 5) is 39.2. The molecule has 0 heterocycles. The number of nitrogens with one attached hydrogen (secondary N) is 1. The smallest absolute Gasteiger partial charge is 0.259 e. The molecule has 0 saturated heterocycles. The van der Waals surface area contributed by atoms with Gasteiger partial charge in [-0.05, 0) is 26.3 Å². The van der Waals surface area contributed by atoms with Crippen LogP contribution in [-0.4, -0.2) is 29.1 Å². The van der Waals surface area contributed by atoms with Gasteiger partial charge in [0, 0.05) is 5.56 Å². The molecule has 6 nitrogen and oxygen atoms in total. The highest BCUT2D eigenvalue weighted by molar-refractivity contribution is 6.28. The number of fused-ring (bicyclic) bond motifs is 1. The summed E-state index contributed by atoms with van der Waals surface area (Å²) in [6.07, 6.45) is 0. The normalized spacial score (nSPS) is 15.7. The minimum Gasteiger partial charge on any atom is -0.506 e. The first-order valence-electron chi connectivity index (χ1n) is 6.98. The van der Waals surface area contributed by atoms with E-state index in [2.05, 4.69) is 10.2 Å². The number of aliphatic hydroxyl groups is 1. The van der Waals surface area contributed by atoms with E-state index in [-0.39, 0.29) is 17.9 Å². The van der Waals surface area contributed by atoms with Crippen molar-refractivity contribution in [3.8, 4) is 0 Å². The molecular weight excluding hydrogens is 296 g/mol. The molecule has 1 aromatic rings. The molecule has 1 aliphatic carbocycles. The Bertz CT molecular complexity index is 797. The van der Waals surface area contributed by atoms with Crippen LogP contribution in [0.4, 0.5) is 5.69 Å². The molecule has 0 bridgehead atoms. The fraction of sp³-hybridized carbons (Fsp3) is 0.294. The molecule has 0 unspecified atom stereocenters. The molecule has 1 aromatic carbocycles. The van der Waals surface area contributed by atoms with Crippen LogP contribution in [0.2, 0.25) is 0 Å². The average molecular weight is 312 g/mol. The Hall–Kier alpha value is -2.94. The van der Waals surface area contributed by atoms with Gasteiger partial charge in [0.05, 0.1) is 18.5 Å². The molecule has 0 aromatic heterocycles. The van der Waals surface area contributed by atoms with E-state index >= 15 is 0 Å². The predicted molar refractivity (Wildman–Crippen MR) is 84.0 cm³/mol. The fourth-order valence-corrected chi connectivity index (χ4v) is 2.51. The third-order valence-corrected chi connectivity index (χ3v) is 3.82. The Morgan fingerprint density at radius 3 is 2.57 bits per heavy atom. The Balaban J connectivity index is 2.59. The number of aliphatic hydroxyl groups excluding tert-OH is 1. The molecule has 0 saturated carbocycles. The van der Waals surface area contributed by atoms with Crippen molar-refractivity contribution in [2.24, 2.45) is 0 Å². The molecule has 2 N–H and O–H groups in total. The maximum absolute atomic E-state index is 12.7. The van der Waals surface area contributed by atoms with Gasteiger partial charge in [0.25, 0.3) is 5.91 Å². The second kappa shape index (κ2) is 5.69. The third-order valence-electron chi connectivity index (χ3n) is 3.82. The number of carbonyl (C=O) groups excluding carboxylic acids is 3. The summed E-state index contributed by atoms with van der Waals surface area (Å²) in [7, 11) is 0. The largest absolute Gasteiger partial charge is 0.506 e. The van der Waals surface area contributed by atoms with E-state index in [4.69, 9.17) is 6.57 Å². The summed E-state index contributed by atoms with van der Waals surface area (Å²) in [5.41, 5.74) is -0.238. The Labute approximate surface area is 133 Å². The van der Waals surface area contributed by atoms with Gasteiger partial charge in [-0.1, -0.05) is 18.2 Å². The minimum absolute atomic E-state index is 0.215. The standard InChI is InChI=1S/C17H16N2O4/c1-9(20)8-19-16(23)13-14(21)11-6-5-10(18-4)7-12(11)17(2,3)15(13)22/h5-7,21H,8H2,1-3H3,(H,19,23). The van der Waals surface area contributed by atoms with Gasteiger partial charge in [0.2, 0.25) is 0 Å². The number of hydrogen-bond acceptors (Lipinski definition) is 4. The fourth-order valence-electron chi connectivity index (χ4n) is 2.51. The number of nitrogens with zero attached hydrogens (tertiary/aromatic N) is 1. The monoisotopic (exact) mass is 312 g/mol. The molecule has 0 radical (unpaired) electrons. The second-order valence-corrected chi connectivity index (χ2v) is 5.90. The molecule has 6 heteroatoms. The highest BCUT2D eigenvalue weighted by Crippen LogP contribution is 2.40. The molecule has 0 spiro atoms. The van der Waals surface area contributed by atoms with Crippen LogP contribution in [0.5, 0.6) is 0 Å². The molecule has 1 amide bonds. The lowest BCUT2D eigenvalue weighted by Crippen LogP contribution is -2.42. The Morgan fingerprint density at radius 2 is 2.00 bits per heavy atom. The number of amides is 1. The number of ketones is 2. The van der Waals surface area contributed by atoms with Crippen molar-refractivity contribution >= 4 is 28.9 Å². The van der Waals surface area contributed by atoms with Crippen molar-refractivity contribution in [3.05, 3.63) is 46.3 Å². The van der Waals surface area contributed by atoms with Crippen molar-refractivity contribution in [1.29, 1.82) is 0 Å². The van der Waals surface area contributed by atoms with E-state index in [9.17, 15) is 19.5 Å². The summed E-state index contributed by atoms with van der Waals surface area (Å²) < 4.78 is 0. The highest BCUT2D eigenvalue weighted by atomic mass is 16.3. The van der Waals surface area contributed by atoms with Gasteiger partial charge in [-0.2, -0.15) is 0 Å². The van der Waals surface area contributed by atoms with Gasteiger partial charge in [-0.25, -0.2) is 4.85 Å². The molecular formula is C17H16N2O4. The maximum atomic E-state index is 12.7. The van der Waals surface area contributed by atoms with Gasteiger partial charge >= 0.3 is 0 Å². The van der Waals surface area contributed by atoms with Crippen molar-refractivity contribution < 1.29 is 19.5 Å². The van der Waals surface area contributed by atoms with Crippen LogP contribution in [0.15, 0.2) is 23.8 Å². The van der Waals surface area contributed by atoms with Crippen LogP contribution >= 0.6 is 0 Å². The zero-order chi connectivity index (χ0) is 17.4. The Morgan fingerprint density at radius 1 is 1.35 bits per heavy atom. The number of carbonyl (C=O) groups is 3. The lowest BCUT2D eigenvalue weighted by molar-refractivity contribution is -0.126. The van der Waals surface area contributed by atoms with Crippen LogP contribution in [0.25, 0.3) is 10.6 Å². The molecule has 1 aliphatic rings. The van der Waals surface area contributed by atoms with Crippen molar-refractivity contribution in [1.82, 2.24) is 5.32 Å². The van der Waals surface area contributed by atoms with E-state index in [1.807, 2.05) is 0 Å². The average Bonchev–Trinajstić information content (AvgIpc) is 2.51. The summed E-state index contributed by atoms with van der Waals surface area (Å²) in [6, 6.07) is 4.57. The van der Waals surface area contributed by atoms with Crippen LogP contribution in [-0.2, 0) is 19.8 Å². The molecule has 0 atom stereocenters. The van der Waals surface area contributed by atoms with Crippen LogP contribution in [0, 0.1) is 6.57 Å². The first-order valence-corrected chi connectivity index (χ1v) is 6.98. The van der Waals surface area contributed by atoms with Crippen LogP contribution in [0.3, 0.4) is 0 Å². The van der Waals surface area contributed by atoms with E-state index in [0.29, 0.717) is 16.8 Å². The first-order chi connectivity index (χ1) is 10.7. The first kappa shape index (κ1) is 16.4. The van der Waals surface area contributed by atoms with E-state index in [0.717, 1.165) is 0 Å². The number of benzene rings is 1. The topological polar surface area (TPSA) is 87.8 Å². The van der Waals surface area contributed by atoms with Gasteiger partial charge in [-0.3, -0.25) is 14.4 Å². The Kier molecular flexibility index (Phi) is 4.06. The second-order valence-electron chi connectivity index (χ2n) is 5.90. The summed E-state index contributed by atoms with van der Waals surface area (Å²) >= 11 is 0. The summed E-state index contributed by atoms with van der Waals surface area (Å²) in [5, 5.41) is 12.7. The molecule has 0 aliphatic heterocycles. The van der Waals surface area contributed by atoms with Gasteiger partial charge in [0.15, 0.2) is 11.5 Å². The van der Waals surface area contributed by atoms with Crippen molar-refractivity contribution in [2.45, 2.75) is 26.2 Å². The summed E-state index contributed by atoms with van der Waals surface area (Å²) in [6.45, 7) is 11.4. The number of Topliss-reactive ketones (excluding diaryl/α,β-unsaturated/α-hetero) is 2. The van der Waals surface area contributed by atoms with E-state index in [1.54, 1.807) is 19.9 Å². The van der Waals surface area contributed by atoms with Crippen LogP contribution in [0.1, 0.15) is 31.9 Å².